The van der Waals surface area contributed by atoms with E-state index in [4.69, 9.17) is 15.3 Å². The van der Waals surface area contributed by atoms with Crippen LogP contribution in [-0.4, -0.2) is 0 Å². The summed E-state index contributed by atoms with van der Waals surface area (Å²) in [6, 6.07) is 7.75. The van der Waals surface area contributed by atoms with Crippen molar-refractivity contribution >= 4 is 0 Å². The van der Waals surface area contributed by atoms with Crippen molar-refractivity contribution in [2.75, 3.05) is 0 Å². The standard InChI is InChI=1S/C16H6F6N2O/c17-15(18,19)10-4-11(16(20,21)22)6-12(5-10)25-14-3-1-2-9(7-23)13(14)8-24/h1-6H. The second kappa shape index (κ2) is 6.36. The molecule has 0 fully saturated rings. The molecule has 0 saturated heterocycles. The van der Waals surface area contributed by atoms with E-state index in [1.807, 2.05) is 0 Å². The van der Waals surface area contributed by atoms with Crippen molar-refractivity contribution in [2.24, 2.45) is 0 Å². The molecule has 0 atom stereocenters. The average Bonchev–Trinajstić information content (AvgIpc) is 2.52. The molecule has 128 valence electrons. The molecule has 0 radical (unpaired) electrons. The molecule has 2 rings (SSSR count). The van der Waals surface area contributed by atoms with Crippen LogP contribution in [0.4, 0.5) is 26.3 Å². The van der Waals surface area contributed by atoms with Crippen molar-refractivity contribution < 1.29 is 31.1 Å². The lowest BCUT2D eigenvalue weighted by Crippen LogP contribution is -2.11. The summed E-state index contributed by atoms with van der Waals surface area (Å²) in [5.41, 5.74) is -3.52. The molecular weight excluding hydrogens is 350 g/mol. The molecule has 0 amide bonds. The van der Waals surface area contributed by atoms with E-state index in [2.05, 4.69) is 0 Å². The van der Waals surface area contributed by atoms with Gasteiger partial charge in [-0.1, -0.05) is 6.07 Å². The maximum atomic E-state index is 12.8. The van der Waals surface area contributed by atoms with Gasteiger partial charge in [0.1, 0.15) is 29.2 Å². The third-order valence-electron chi connectivity index (χ3n) is 3.05. The van der Waals surface area contributed by atoms with Crippen LogP contribution >= 0.6 is 0 Å². The van der Waals surface area contributed by atoms with Gasteiger partial charge >= 0.3 is 12.4 Å². The smallest absolute Gasteiger partial charge is 0.416 e. The molecule has 0 aliphatic rings. The zero-order valence-corrected chi connectivity index (χ0v) is 12.0. The highest BCUT2D eigenvalue weighted by Crippen LogP contribution is 2.39. The van der Waals surface area contributed by atoms with E-state index in [9.17, 15) is 26.3 Å². The second-order valence-corrected chi connectivity index (χ2v) is 4.75. The largest absolute Gasteiger partial charge is 0.456 e. The highest BCUT2D eigenvalue weighted by Gasteiger charge is 2.37. The monoisotopic (exact) mass is 356 g/mol. The SMILES string of the molecule is N#Cc1cccc(Oc2cc(C(F)(F)F)cc(C(F)(F)F)c2)c1C#N. The van der Waals surface area contributed by atoms with Crippen LogP contribution in [0, 0.1) is 22.7 Å². The highest BCUT2D eigenvalue weighted by atomic mass is 19.4. The number of alkyl halides is 6. The Hall–Kier alpha value is -3.20. The van der Waals surface area contributed by atoms with Gasteiger partial charge in [-0.2, -0.15) is 36.9 Å². The summed E-state index contributed by atoms with van der Waals surface area (Å²) >= 11 is 0. The number of halogens is 6. The fourth-order valence-electron chi connectivity index (χ4n) is 1.94. The quantitative estimate of drug-likeness (QED) is 0.690. The Balaban J connectivity index is 2.58. The number of hydrogen-bond donors (Lipinski definition) is 0. The minimum atomic E-state index is -5.02. The Kier molecular flexibility index (Phi) is 4.62. The summed E-state index contributed by atoms with van der Waals surface area (Å²) in [6.07, 6.45) is -10.0. The van der Waals surface area contributed by atoms with Gasteiger partial charge in [-0.05, 0) is 30.3 Å². The molecule has 0 bridgehead atoms. The Morgan fingerprint density at radius 1 is 0.800 bits per heavy atom. The molecule has 3 nitrogen and oxygen atoms in total. The van der Waals surface area contributed by atoms with E-state index >= 15 is 0 Å². The first-order valence-electron chi connectivity index (χ1n) is 6.47. The van der Waals surface area contributed by atoms with Crippen LogP contribution in [0.3, 0.4) is 0 Å². The van der Waals surface area contributed by atoms with Crippen molar-refractivity contribution in [3.8, 4) is 23.6 Å². The first kappa shape index (κ1) is 18.1. The number of ether oxygens (including phenoxy) is 1. The van der Waals surface area contributed by atoms with Gasteiger partial charge in [0, 0.05) is 0 Å². The molecule has 0 N–H and O–H groups in total. The summed E-state index contributed by atoms with van der Waals surface area (Å²) in [7, 11) is 0. The predicted molar refractivity (Wildman–Crippen MR) is 72.4 cm³/mol. The molecule has 2 aromatic carbocycles. The van der Waals surface area contributed by atoms with Crippen molar-refractivity contribution in [1.29, 1.82) is 10.5 Å². The molecule has 0 aromatic heterocycles. The van der Waals surface area contributed by atoms with Crippen LogP contribution in [0.15, 0.2) is 36.4 Å². The van der Waals surface area contributed by atoms with Crippen molar-refractivity contribution in [3.63, 3.8) is 0 Å². The number of hydrogen-bond acceptors (Lipinski definition) is 3. The van der Waals surface area contributed by atoms with Gasteiger partial charge < -0.3 is 4.74 Å². The van der Waals surface area contributed by atoms with Gasteiger partial charge in [0.2, 0.25) is 0 Å². The topological polar surface area (TPSA) is 56.8 Å². The van der Waals surface area contributed by atoms with Crippen LogP contribution in [-0.2, 0) is 12.4 Å². The van der Waals surface area contributed by atoms with E-state index in [0.717, 1.165) is 6.07 Å². The molecular formula is C16H6F6N2O. The minimum Gasteiger partial charge on any atom is -0.456 e. The Morgan fingerprint density at radius 3 is 1.80 bits per heavy atom. The normalized spacial score (nSPS) is 11.5. The van der Waals surface area contributed by atoms with E-state index in [0.29, 0.717) is 12.1 Å². The predicted octanol–water partition coefficient (Wildman–Crippen LogP) is 5.26. The average molecular weight is 356 g/mol. The second-order valence-electron chi connectivity index (χ2n) is 4.75. The maximum Gasteiger partial charge on any atom is 0.416 e. The van der Waals surface area contributed by atoms with Gasteiger partial charge in [0.25, 0.3) is 0 Å². The summed E-state index contributed by atoms with van der Waals surface area (Å²) in [6.45, 7) is 0. The number of rotatable bonds is 2. The van der Waals surface area contributed by atoms with Crippen molar-refractivity contribution in [2.45, 2.75) is 12.4 Å². The van der Waals surface area contributed by atoms with E-state index in [1.54, 1.807) is 12.1 Å². The molecule has 0 spiro atoms. The number of nitrogens with zero attached hydrogens (tertiary/aromatic N) is 2. The Morgan fingerprint density at radius 2 is 1.36 bits per heavy atom. The lowest BCUT2D eigenvalue weighted by molar-refractivity contribution is -0.143. The third-order valence-corrected chi connectivity index (χ3v) is 3.05. The highest BCUT2D eigenvalue weighted by molar-refractivity contribution is 5.55. The minimum absolute atomic E-state index is 0.0379. The molecule has 0 aliphatic heterocycles. The summed E-state index contributed by atoms with van der Waals surface area (Å²) in [5.74, 6) is -1.08. The summed E-state index contributed by atoms with van der Waals surface area (Å²) in [5, 5.41) is 17.9. The van der Waals surface area contributed by atoms with E-state index < -0.39 is 29.2 Å². The van der Waals surface area contributed by atoms with E-state index in [-0.39, 0.29) is 22.9 Å². The third kappa shape index (κ3) is 4.01. The zero-order valence-electron chi connectivity index (χ0n) is 12.0. The summed E-state index contributed by atoms with van der Waals surface area (Å²) < 4.78 is 82.0. The zero-order chi connectivity index (χ0) is 18.8. The van der Waals surface area contributed by atoms with E-state index in [1.165, 1.54) is 12.1 Å². The van der Waals surface area contributed by atoms with Crippen LogP contribution in [0.1, 0.15) is 22.3 Å². The van der Waals surface area contributed by atoms with Gasteiger partial charge in [0.05, 0.1) is 16.7 Å². The lowest BCUT2D eigenvalue weighted by atomic mass is 10.1. The molecule has 0 saturated carbocycles. The number of nitriles is 2. The van der Waals surface area contributed by atoms with Crippen LogP contribution in [0.2, 0.25) is 0 Å². The molecule has 2 aromatic rings. The molecule has 0 heterocycles. The van der Waals surface area contributed by atoms with Crippen LogP contribution in [0.5, 0.6) is 11.5 Å². The van der Waals surface area contributed by atoms with Gasteiger partial charge in [-0.25, -0.2) is 0 Å². The van der Waals surface area contributed by atoms with Gasteiger partial charge in [-0.15, -0.1) is 0 Å². The van der Waals surface area contributed by atoms with Crippen LogP contribution in [0.25, 0.3) is 0 Å². The van der Waals surface area contributed by atoms with Gasteiger partial charge in [0.15, 0.2) is 0 Å². The first-order chi connectivity index (χ1) is 11.6. The fourth-order valence-corrected chi connectivity index (χ4v) is 1.94. The Bertz CT molecular complexity index is 855. The fraction of sp³-hybridized carbons (Fsp3) is 0.125. The van der Waals surface area contributed by atoms with Crippen LogP contribution < -0.4 is 4.74 Å². The van der Waals surface area contributed by atoms with Gasteiger partial charge in [-0.3, -0.25) is 0 Å². The number of benzene rings is 2. The molecule has 0 unspecified atom stereocenters. The lowest BCUT2D eigenvalue weighted by Gasteiger charge is -2.15. The van der Waals surface area contributed by atoms with Crippen molar-refractivity contribution in [3.05, 3.63) is 58.7 Å². The molecule has 9 heteroatoms. The first-order valence-corrected chi connectivity index (χ1v) is 6.47. The van der Waals surface area contributed by atoms with Crippen molar-refractivity contribution in [1.82, 2.24) is 0 Å². The Labute approximate surface area is 137 Å². The summed E-state index contributed by atoms with van der Waals surface area (Å²) in [4.78, 5) is 0. The molecule has 25 heavy (non-hydrogen) atoms. The molecule has 0 aliphatic carbocycles. The maximum absolute atomic E-state index is 12.8.